The van der Waals surface area contributed by atoms with Gasteiger partial charge in [-0.25, -0.2) is 5.43 Å². The van der Waals surface area contributed by atoms with Gasteiger partial charge in [-0.1, -0.05) is 18.2 Å². The van der Waals surface area contributed by atoms with Gasteiger partial charge in [-0.05, 0) is 79.1 Å². The number of aromatic hydroxyl groups is 1. The number of nitrogens with one attached hydrogen (secondary N) is 2. The van der Waals surface area contributed by atoms with E-state index >= 15 is 0 Å². The number of hydrogen-bond acceptors (Lipinski definition) is 5. The fourth-order valence-corrected chi connectivity index (χ4v) is 2.71. The summed E-state index contributed by atoms with van der Waals surface area (Å²) >= 11 is 0. The lowest BCUT2D eigenvalue weighted by Gasteiger charge is -2.09. The maximum Gasteiger partial charge on any atom is 0.275 e. The number of benzene rings is 3. The predicted molar refractivity (Wildman–Crippen MR) is 120 cm³/mol. The van der Waals surface area contributed by atoms with Crippen molar-refractivity contribution in [2.45, 2.75) is 13.8 Å². The molecule has 3 aromatic rings. The number of phenols is 1. The smallest absolute Gasteiger partial charge is 0.275 e. The molecule has 0 saturated carbocycles. The van der Waals surface area contributed by atoms with E-state index in [0.29, 0.717) is 5.75 Å². The number of para-hydroxylation sites is 1. The number of aryl methyl sites for hydroxylation is 2. The van der Waals surface area contributed by atoms with Crippen molar-refractivity contribution >= 4 is 23.7 Å². The second kappa shape index (κ2) is 10.1. The van der Waals surface area contributed by atoms with Crippen LogP contribution < -0.4 is 15.5 Å². The van der Waals surface area contributed by atoms with Gasteiger partial charge in [0.05, 0.1) is 11.8 Å². The zero-order chi connectivity index (χ0) is 22.2. The first-order valence-electron chi connectivity index (χ1n) is 9.64. The maximum absolute atomic E-state index is 12.1. The van der Waals surface area contributed by atoms with Gasteiger partial charge < -0.3 is 15.2 Å². The quantitative estimate of drug-likeness (QED) is 0.402. The third-order valence-electron chi connectivity index (χ3n) is 4.57. The largest absolute Gasteiger partial charge is 0.507 e. The molecule has 3 N–H and O–H groups in total. The van der Waals surface area contributed by atoms with Gasteiger partial charge >= 0.3 is 0 Å². The van der Waals surface area contributed by atoms with Crippen molar-refractivity contribution in [2.24, 2.45) is 5.10 Å². The number of carbonyl (C=O) groups is 2. The Morgan fingerprint density at radius 3 is 2.45 bits per heavy atom. The number of hydrazone groups is 1. The number of carbonyl (C=O) groups excluding carboxylic acids is 2. The number of anilines is 1. The van der Waals surface area contributed by atoms with E-state index in [-0.39, 0.29) is 23.8 Å². The zero-order valence-corrected chi connectivity index (χ0v) is 17.3. The van der Waals surface area contributed by atoms with Gasteiger partial charge in [0, 0.05) is 5.69 Å². The Balaban J connectivity index is 1.47. The highest BCUT2D eigenvalue weighted by molar-refractivity contribution is 5.97. The minimum Gasteiger partial charge on any atom is -0.507 e. The van der Waals surface area contributed by atoms with Crippen LogP contribution in [-0.2, 0) is 4.79 Å². The van der Waals surface area contributed by atoms with Gasteiger partial charge in [-0.15, -0.1) is 0 Å². The average Bonchev–Trinajstić information content (AvgIpc) is 2.76. The highest BCUT2D eigenvalue weighted by Crippen LogP contribution is 2.16. The Morgan fingerprint density at radius 2 is 1.74 bits per heavy atom. The molecule has 7 heteroatoms. The van der Waals surface area contributed by atoms with Crippen LogP contribution in [0.3, 0.4) is 0 Å². The molecule has 0 unspecified atom stereocenters. The number of hydrogen-bond donors (Lipinski definition) is 3. The highest BCUT2D eigenvalue weighted by atomic mass is 16.5. The molecule has 0 aromatic heterocycles. The van der Waals surface area contributed by atoms with E-state index in [0.717, 1.165) is 22.4 Å². The average molecular weight is 417 g/mol. The Labute approximate surface area is 180 Å². The number of ether oxygens (including phenoxy) is 1. The molecule has 2 amide bonds. The predicted octanol–water partition coefficient (Wildman–Crippen LogP) is 3.79. The molecule has 0 radical (unpaired) electrons. The van der Waals surface area contributed by atoms with Crippen LogP contribution in [0.2, 0.25) is 0 Å². The fraction of sp³-hybridized carbons (Fsp3) is 0.125. The van der Waals surface area contributed by atoms with Gasteiger partial charge in [0.1, 0.15) is 11.5 Å². The van der Waals surface area contributed by atoms with Gasteiger partial charge in [0.15, 0.2) is 6.61 Å². The summed E-state index contributed by atoms with van der Waals surface area (Å²) in [6.07, 6.45) is 1.47. The van der Waals surface area contributed by atoms with E-state index in [1.165, 1.54) is 18.3 Å². The number of rotatable bonds is 7. The lowest BCUT2D eigenvalue weighted by atomic mass is 10.1. The number of phenolic OH excluding ortho intramolecular Hbond substituents is 1. The fourth-order valence-electron chi connectivity index (χ4n) is 2.71. The summed E-state index contributed by atoms with van der Waals surface area (Å²) in [5.74, 6) is -0.339. The molecule has 158 valence electrons. The minimum absolute atomic E-state index is 0.113. The molecular weight excluding hydrogens is 394 g/mol. The number of nitrogens with zero attached hydrogens (tertiary/aromatic N) is 1. The first kappa shape index (κ1) is 21.6. The zero-order valence-electron chi connectivity index (χ0n) is 17.3. The highest BCUT2D eigenvalue weighted by Gasteiger charge is 2.08. The van der Waals surface area contributed by atoms with Crippen LogP contribution in [0.5, 0.6) is 11.5 Å². The summed E-state index contributed by atoms with van der Waals surface area (Å²) in [4.78, 5) is 24.1. The summed E-state index contributed by atoms with van der Waals surface area (Å²) in [6.45, 7) is 3.89. The molecule has 3 rings (SSSR count). The molecule has 0 heterocycles. The summed E-state index contributed by atoms with van der Waals surface area (Å²) in [7, 11) is 0. The van der Waals surface area contributed by atoms with Gasteiger partial charge in [0.25, 0.3) is 11.8 Å². The summed E-state index contributed by atoms with van der Waals surface area (Å²) in [6, 6.07) is 18.8. The van der Waals surface area contributed by atoms with Gasteiger partial charge in [0.2, 0.25) is 0 Å². The molecule has 0 aliphatic carbocycles. The molecular formula is C24H23N3O4. The monoisotopic (exact) mass is 417 g/mol. The first-order chi connectivity index (χ1) is 14.9. The van der Waals surface area contributed by atoms with E-state index < -0.39 is 5.91 Å². The Kier molecular flexibility index (Phi) is 7.01. The van der Waals surface area contributed by atoms with Crippen LogP contribution in [-0.4, -0.2) is 29.7 Å². The third-order valence-corrected chi connectivity index (χ3v) is 4.57. The van der Waals surface area contributed by atoms with Crippen molar-refractivity contribution in [1.82, 2.24) is 5.43 Å². The van der Waals surface area contributed by atoms with Crippen molar-refractivity contribution in [3.05, 3.63) is 89.0 Å². The third kappa shape index (κ3) is 6.17. The van der Waals surface area contributed by atoms with Crippen LogP contribution in [0.4, 0.5) is 5.69 Å². The standard InChI is InChI=1S/C24H23N3O4/c1-16-7-10-19(13-17(16)2)26-23(29)15-31-20-11-8-18(9-12-20)14-25-27-24(30)21-5-3-4-6-22(21)28/h3-14,28H,15H2,1-2H3,(H,26,29)(H,27,30)/b25-14+. The molecule has 0 saturated heterocycles. The van der Waals surface area contributed by atoms with Crippen molar-refractivity contribution in [1.29, 1.82) is 0 Å². The van der Waals surface area contributed by atoms with Crippen molar-refractivity contribution in [2.75, 3.05) is 11.9 Å². The summed E-state index contributed by atoms with van der Waals surface area (Å²) < 4.78 is 5.51. The summed E-state index contributed by atoms with van der Waals surface area (Å²) in [5.41, 5.74) is 6.23. The lowest BCUT2D eigenvalue weighted by Crippen LogP contribution is -2.20. The van der Waals surface area contributed by atoms with E-state index in [9.17, 15) is 14.7 Å². The van der Waals surface area contributed by atoms with Crippen LogP contribution in [0.15, 0.2) is 71.8 Å². The molecule has 0 aliphatic rings. The first-order valence-corrected chi connectivity index (χ1v) is 9.64. The van der Waals surface area contributed by atoms with E-state index in [2.05, 4.69) is 15.8 Å². The summed E-state index contributed by atoms with van der Waals surface area (Å²) in [5, 5.41) is 16.4. The Bertz CT molecular complexity index is 1110. The molecule has 0 atom stereocenters. The minimum atomic E-state index is -0.510. The van der Waals surface area contributed by atoms with E-state index in [1.807, 2.05) is 32.0 Å². The van der Waals surface area contributed by atoms with Crippen molar-refractivity contribution < 1.29 is 19.4 Å². The van der Waals surface area contributed by atoms with Gasteiger partial charge in [-0.2, -0.15) is 5.10 Å². The van der Waals surface area contributed by atoms with Crippen LogP contribution in [0, 0.1) is 13.8 Å². The lowest BCUT2D eigenvalue weighted by molar-refractivity contribution is -0.118. The van der Waals surface area contributed by atoms with Crippen LogP contribution in [0.25, 0.3) is 0 Å². The molecule has 0 bridgehead atoms. The molecule has 3 aromatic carbocycles. The molecule has 0 aliphatic heterocycles. The van der Waals surface area contributed by atoms with Crippen LogP contribution >= 0.6 is 0 Å². The SMILES string of the molecule is Cc1ccc(NC(=O)COc2ccc(/C=N/NC(=O)c3ccccc3O)cc2)cc1C. The molecule has 31 heavy (non-hydrogen) atoms. The molecule has 0 fully saturated rings. The Morgan fingerprint density at radius 1 is 1.00 bits per heavy atom. The topological polar surface area (TPSA) is 100 Å². The molecule has 0 spiro atoms. The van der Waals surface area contributed by atoms with Gasteiger partial charge in [-0.3, -0.25) is 9.59 Å². The van der Waals surface area contributed by atoms with Crippen LogP contribution in [0.1, 0.15) is 27.0 Å². The maximum atomic E-state index is 12.1. The second-order valence-electron chi connectivity index (χ2n) is 6.92. The normalized spacial score (nSPS) is 10.6. The number of amides is 2. The van der Waals surface area contributed by atoms with Crippen molar-refractivity contribution in [3.8, 4) is 11.5 Å². The Hall–Kier alpha value is -4.13. The second-order valence-corrected chi connectivity index (χ2v) is 6.92. The van der Waals surface area contributed by atoms with E-state index in [1.54, 1.807) is 36.4 Å². The van der Waals surface area contributed by atoms with Crippen molar-refractivity contribution in [3.63, 3.8) is 0 Å². The van der Waals surface area contributed by atoms with E-state index in [4.69, 9.17) is 4.74 Å². The molecule has 7 nitrogen and oxygen atoms in total.